The molecule has 1 aliphatic rings. The van der Waals surface area contributed by atoms with Crippen LogP contribution in [0.3, 0.4) is 0 Å². The highest BCUT2D eigenvalue weighted by molar-refractivity contribution is 5.84. The first kappa shape index (κ1) is 16.5. The highest BCUT2D eigenvalue weighted by atomic mass is 16.5. The second-order valence-electron chi connectivity index (χ2n) is 6.14. The summed E-state index contributed by atoms with van der Waals surface area (Å²) < 4.78 is 7.17. The number of benzene rings is 1. The van der Waals surface area contributed by atoms with E-state index in [1.54, 1.807) is 13.3 Å². The Morgan fingerprint density at radius 1 is 1.38 bits per heavy atom. The third kappa shape index (κ3) is 3.14. The minimum Gasteiger partial charge on any atom is -0.497 e. The van der Waals surface area contributed by atoms with Crippen LogP contribution in [0.4, 0.5) is 0 Å². The number of nitrogens with zero attached hydrogens (tertiary/aromatic N) is 3. The number of carbonyl (C=O) groups is 1. The quantitative estimate of drug-likeness (QED) is 0.928. The molecular weight excluding hydrogens is 304 g/mol. The van der Waals surface area contributed by atoms with Crippen LogP contribution in [0.5, 0.6) is 5.75 Å². The van der Waals surface area contributed by atoms with Crippen LogP contribution in [0.1, 0.15) is 30.3 Å². The molecule has 2 aromatic rings. The number of hydrogen-bond acceptors (Lipinski definition) is 4. The fourth-order valence-corrected chi connectivity index (χ4v) is 3.18. The fraction of sp³-hybridized carbons (Fsp3) is 0.444. The number of imidazole rings is 1. The number of aromatic nitrogens is 2. The molecule has 1 aromatic carbocycles. The molecule has 0 saturated carbocycles. The molecule has 0 aliphatic carbocycles. The Hall–Kier alpha value is -2.34. The number of aryl methyl sites for hydroxylation is 1. The summed E-state index contributed by atoms with van der Waals surface area (Å²) >= 11 is 0. The average molecular weight is 328 g/mol. The molecule has 0 bridgehead atoms. The molecule has 0 radical (unpaired) electrons. The van der Waals surface area contributed by atoms with Gasteiger partial charge in [-0.1, -0.05) is 12.1 Å². The Kier molecular flexibility index (Phi) is 4.85. The van der Waals surface area contributed by atoms with Gasteiger partial charge in [0.2, 0.25) is 5.91 Å². The van der Waals surface area contributed by atoms with Crippen molar-refractivity contribution in [2.24, 2.45) is 7.05 Å². The summed E-state index contributed by atoms with van der Waals surface area (Å²) in [4.78, 5) is 19.5. The van der Waals surface area contributed by atoms with Gasteiger partial charge in [0.05, 0.1) is 13.0 Å². The Bertz CT molecular complexity index is 695. The lowest BCUT2D eigenvalue weighted by molar-refractivity contribution is -0.136. The van der Waals surface area contributed by atoms with Crippen molar-refractivity contribution in [2.45, 2.75) is 18.9 Å². The molecular formula is C18H24N4O2. The zero-order valence-electron chi connectivity index (χ0n) is 14.4. The van der Waals surface area contributed by atoms with E-state index < -0.39 is 0 Å². The fourth-order valence-electron chi connectivity index (χ4n) is 3.18. The van der Waals surface area contributed by atoms with Crippen molar-refractivity contribution in [1.29, 1.82) is 0 Å². The molecule has 1 N–H and O–H groups in total. The lowest BCUT2D eigenvalue weighted by Gasteiger charge is -2.37. The first-order valence-corrected chi connectivity index (χ1v) is 8.24. The topological polar surface area (TPSA) is 59.4 Å². The minimum absolute atomic E-state index is 0.0352. The average Bonchev–Trinajstić information content (AvgIpc) is 3.06. The zero-order valence-corrected chi connectivity index (χ0v) is 14.4. The third-order valence-corrected chi connectivity index (χ3v) is 4.67. The van der Waals surface area contributed by atoms with Crippen LogP contribution >= 0.6 is 0 Å². The molecule has 24 heavy (non-hydrogen) atoms. The van der Waals surface area contributed by atoms with Gasteiger partial charge in [-0.2, -0.15) is 0 Å². The van der Waals surface area contributed by atoms with Gasteiger partial charge >= 0.3 is 0 Å². The lowest BCUT2D eigenvalue weighted by atomic mass is 9.98. The Balaban J connectivity index is 1.81. The normalized spacial score (nSPS) is 19.1. The van der Waals surface area contributed by atoms with E-state index in [9.17, 15) is 4.79 Å². The van der Waals surface area contributed by atoms with Crippen molar-refractivity contribution in [3.63, 3.8) is 0 Å². The van der Waals surface area contributed by atoms with Crippen molar-refractivity contribution in [1.82, 2.24) is 19.8 Å². The molecule has 128 valence electrons. The molecule has 6 nitrogen and oxygen atoms in total. The van der Waals surface area contributed by atoms with Gasteiger partial charge in [0, 0.05) is 39.1 Å². The summed E-state index contributed by atoms with van der Waals surface area (Å²) in [6.07, 6.45) is 3.69. The van der Waals surface area contributed by atoms with Crippen LogP contribution in [0.15, 0.2) is 36.7 Å². The second kappa shape index (κ2) is 7.05. The zero-order chi connectivity index (χ0) is 17.1. The SMILES string of the molecule is COc1ccc(C(C)C(=O)N2CCNCC2c2nccn2C)cc1. The molecule has 1 fully saturated rings. The Labute approximate surface area is 142 Å². The van der Waals surface area contributed by atoms with Crippen LogP contribution in [0, 0.1) is 0 Å². The monoisotopic (exact) mass is 328 g/mol. The summed E-state index contributed by atoms with van der Waals surface area (Å²) in [5.41, 5.74) is 0.998. The molecule has 1 aromatic heterocycles. The molecule has 0 spiro atoms. The van der Waals surface area contributed by atoms with Crippen molar-refractivity contribution >= 4 is 5.91 Å². The van der Waals surface area contributed by atoms with Crippen LogP contribution in [-0.4, -0.2) is 47.1 Å². The van der Waals surface area contributed by atoms with Gasteiger partial charge in [-0.15, -0.1) is 0 Å². The number of amides is 1. The number of hydrogen-bond donors (Lipinski definition) is 1. The van der Waals surface area contributed by atoms with Gasteiger partial charge in [-0.05, 0) is 24.6 Å². The van der Waals surface area contributed by atoms with Crippen LogP contribution in [-0.2, 0) is 11.8 Å². The van der Waals surface area contributed by atoms with E-state index in [2.05, 4.69) is 10.3 Å². The van der Waals surface area contributed by atoms with E-state index in [1.807, 2.05) is 53.9 Å². The summed E-state index contributed by atoms with van der Waals surface area (Å²) in [7, 11) is 3.61. The maximum absolute atomic E-state index is 13.1. The third-order valence-electron chi connectivity index (χ3n) is 4.67. The number of methoxy groups -OCH3 is 1. The second-order valence-corrected chi connectivity index (χ2v) is 6.14. The van der Waals surface area contributed by atoms with E-state index >= 15 is 0 Å². The first-order valence-electron chi connectivity index (χ1n) is 8.24. The number of carbonyl (C=O) groups excluding carboxylic acids is 1. The minimum atomic E-state index is -0.197. The van der Waals surface area contributed by atoms with Crippen LogP contribution in [0.2, 0.25) is 0 Å². The smallest absolute Gasteiger partial charge is 0.230 e. The van der Waals surface area contributed by atoms with E-state index in [0.29, 0.717) is 6.54 Å². The summed E-state index contributed by atoms with van der Waals surface area (Å²) in [6.45, 7) is 4.19. The number of ether oxygens (including phenoxy) is 1. The maximum Gasteiger partial charge on any atom is 0.230 e. The highest BCUT2D eigenvalue weighted by Gasteiger charge is 2.33. The summed E-state index contributed by atoms with van der Waals surface area (Å²) in [5.74, 6) is 1.65. The van der Waals surface area contributed by atoms with Gasteiger partial charge in [-0.3, -0.25) is 4.79 Å². The Morgan fingerprint density at radius 3 is 2.75 bits per heavy atom. The molecule has 1 amide bonds. The highest BCUT2D eigenvalue weighted by Crippen LogP contribution is 2.27. The van der Waals surface area contributed by atoms with Crippen molar-refractivity contribution < 1.29 is 9.53 Å². The summed E-state index contributed by atoms with van der Waals surface area (Å²) in [5, 5.41) is 3.37. The lowest BCUT2D eigenvalue weighted by Crippen LogP contribution is -2.50. The molecule has 2 unspecified atom stereocenters. The van der Waals surface area contributed by atoms with Gasteiger partial charge in [0.15, 0.2) is 0 Å². The number of piperazine rings is 1. The number of nitrogens with one attached hydrogen (secondary N) is 1. The molecule has 3 rings (SSSR count). The molecule has 1 saturated heterocycles. The molecule has 6 heteroatoms. The van der Waals surface area contributed by atoms with Crippen molar-refractivity contribution in [2.75, 3.05) is 26.7 Å². The maximum atomic E-state index is 13.1. The standard InChI is InChI=1S/C18H24N4O2/c1-13(14-4-6-15(24-3)7-5-14)18(23)22-11-8-19-12-16(22)17-20-9-10-21(17)2/h4-7,9-10,13,16,19H,8,11-12H2,1-3H3. The molecule has 1 aliphatic heterocycles. The van der Waals surface area contributed by atoms with E-state index in [1.165, 1.54) is 0 Å². The summed E-state index contributed by atoms with van der Waals surface area (Å²) in [6, 6.07) is 7.67. The van der Waals surface area contributed by atoms with Crippen LogP contribution in [0.25, 0.3) is 0 Å². The Morgan fingerprint density at radius 2 is 2.12 bits per heavy atom. The van der Waals surface area contributed by atoms with Crippen molar-refractivity contribution in [3.05, 3.63) is 48.0 Å². The van der Waals surface area contributed by atoms with E-state index in [-0.39, 0.29) is 17.9 Å². The van der Waals surface area contributed by atoms with Gasteiger partial charge in [-0.25, -0.2) is 4.98 Å². The molecule has 2 atom stereocenters. The van der Waals surface area contributed by atoms with Crippen LogP contribution < -0.4 is 10.1 Å². The van der Waals surface area contributed by atoms with Gasteiger partial charge < -0.3 is 19.5 Å². The number of rotatable bonds is 4. The first-order chi connectivity index (χ1) is 11.6. The van der Waals surface area contributed by atoms with E-state index in [4.69, 9.17) is 4.74 Å². The predicted octanol–water partition coefficient (Wildman–Crippen LogP) is 1.71. The van der Waals surface area contributed by atoms with Gasteiger partial charge in [0.1, 0.15) is 17.6 Å². The largest absolute Gasteiger partial charge is 0.497 e. The molecule has 2 heterocycles. The predicted molar refractivity (Wildman–Crippen MR) is 91.9 cm³/mol. The van der Waals surface area contributed by atoms with E-state index in [0.717, 1.165) is 30.2 Å². The van der Waals surface area contributed by atoms with Gasteiger partial charge in [0.25, 0.3) is 0 Å². The van der Waals surface area contributed by atoms with Crippen molar-refractivity contribution in [3.8, 4) is 5.75 Å².